The molecular weight excluding hydrogens is 405 g/mol. The molecule has 2 aliphatic heterocycles. The molecule has 0 spiro atoms. The van der Waals surface area contributed by atoms with Crippen LogP contribution < -0.4 is 5.32 Å². The smallest absolute Gasteiger partial charge is 0.246 e. The lowest BCUT2D eigenvalue weighted by atomic mass is 9.98. The van der Waals surface area contributed by atoms with E-state index in [1.54, 1.807) is 29.1 Å². The van der Waals surface area contributed by atoms with Crippen LogP contribution in [0.15, 0.2) is 24.3 Å². The van der Waals surface area contributed by atoms with Crippen molar-refractivity contribution in [1.29, 1.82) is 0 Å². The summed E-state index contributed by atoms with van der Waals surface area (Å²) in [4.78, 5) is 52.4. The van der Waals surface area contributed by atoms with Gasteiger partial charge >= 0.3 is 0 Å². The normalized spacial score (nSPS) is 22.9. The molecule has 3 atom stereocenters. The van der Waals surface area contributed by atoms with E-state index in [4.69, 9.17) is 0 Å². The van der Waals surface area contributed by atoms with Crippen LogP contribution in [-0.4, -0.2) is 82.8 Å². The summed E-state index contributed by atoms with van der Waals surface area (Å²) >= 11 is 0. The Labute approximate surface area is 180 Å². The number of hydrogen-bond acceptors (Lipinski definition) is 5. The fourth-order valence-corrected chi connectivity index (χ4v) is 4.25. The summed E-state index contributed by atoms with van der Waals surface area (Å²) in [6, 6.07) is 4.81. The number of hydrogen-bond donors (Lipinski definition) is 1. The van der Waals surface area contributed by atoms with Crippen molar-refractivity contribution in [2.45, 2.75) is 44.9 Å². The summed E-state index contributed by atoms with van der Waals surface area (Å²) in [5.41, 5.74) is 0.758. The van der Waals surface area contributed by atoms with Gasteiger partial charge in [0.25, 0.3) is 0 Å². The van der Waals surface area contributed by atoms with E-state index in [9.17, 15) is 23.6 Å². The van der Waals surface area contributed by atoms with Crippen LogP contribution in [0.1, 0.15) is 38.3 Å². The van der Waals surface area contributed by atoms with Crippen LogP contribution in [0.4, 0.5) is 4.39 Å². The molecule has 2 saturated heterocycles. The Bertz CT molecular complexity index is 849. The minimum absolute atomic E-state index is 0.00175. The van der Waals surface area contributed by atoms with Gasteiger partial charge in [0.05, 0.1) is 19.1 Å². The van der Waals surface area contributed by atoms with Gasteiger partial charge in [-0.15, -0.1) is 0 Å². The van der Waals surface area contributed by atoms with E-state index in [1.807, 2.05) is 6.92 Å². The lowest BCUT2D eigenvalue weighted by molar-refractivity contribution is -0.198. The summed E-state index contributed by atoms with van der Waals surface area (Å²) in [7, 11) is 1.65. The zero-order valence-electron chi connectivity index (χ0n) is 18.0. The van der Waals surface area contributed by atoms with E-state index >= 15 is 0 Å². The Morgan fingerprint density at radius 1 is 1.29 bits per heavy atom. The summed E-state index contributed by atoms with van der Waals surface area (Å²) in [6.45, 7) is 3.79. The standard InChI is InChI=1S/C21H28FN5O4/c1-14(16-6-8-17(22)9-7-16)25-11-19-26(13-28)24(3)12-20(30)27(19)18(21(25)31)5-4-10-23-15(2)29/h6-9,13-14,18-19H,4-5,10-12H2,1-3H3,(H,23,29)/t14?,18-,19?/m0/s1. The first-order chi connectivity index (χ1) is 14.7. The van der Waals surface area contributed by atoms with Gasteiger partial charge in [-0.25, -0.2) is 9.40 Å². The highest BCUT2D eigenvalue weighted by Crippen LogP contribution is 2.32. The first-order valence-corrected chi connectivity index (χ1v) is 10.3. The Balaban J connectivity index is 1.89. The van der Waals surface area contributed by atoms with E-state index in [0.29, 0.717) is 25.8 Å². The van der Waals surface area contributed by atoms with Gasteiger partial charge in [-0.2, -0.15) is 0 Å². The van der Waals surface area contributed by atoms with Crippen molar-refractivity contribution in [3.63, 3.8) is 0 Å². The molecule has 0 aliphatic carbocycles. The first kappa shape index (κ1) is 22.7. The third kappa shape index (κ3) is 4.68. The maximum Gasteiger partial charge on any atom is 0.246 e. The Morgan fingerprint density at radius 2 is 1.97 bits per heavy atom. The topological polar surface area (TPSA) is 93.3 Å². The molecule has 0 aromatic heterocycles. The van der Waals surface area contributed by atoms with Gasteiger partial charge < -0.3 is 15.1 Å². The molecule has 0 radical (unpaired) electrons. The zero-order valence-corrected chi connectivity index (χ0v) is 18.0. The first-order valence-electron chi connectivity index (χ1n) is 10.3. The molecule has 1 N–H and O–H groups in total. The van der Waals surface area contributed by atoms with E-state index < -0.39 is 12.2 Å². The fraction of sp³-hybridized carbons (Fsp3) is 0.524. The summed E-state index contributed by atoms with van der Waals surface area (Å²) < 4.78 is 13.4. The molecule has 9 nitrogen and oxygen atoms in total. The Kier molecular flexibility index (Phi) is 6.89. The number of piperazine rings is 1. The van der Waals surface area contributed by atoms with Crippen molar-refractivity contribution in [3.05, 3.63) is 35.6 Å². The van der Waals surface area contributed by atoms with Gasteiger partial charge in [-0.1, -0.05) is 12.1 Å². The Hall–Kier alpha value is -3.01. The van der Waals surface area contributed by atoms with Gasteiger partial charge in [-0.3, -0.25) is 24.2 Å². The molecule has 168 valence electrons. The molecule has 2 unspecified atom stereocenters. The number of nitrogens with one attached hydrogen (secondary N) is 1. The van der Waals surface area contributed by atoms with Crippen LogP contribution in [-0.2, 0) is 19.2 Å². The number of hydrazine groups is 1. The van der Waals surface area contributed by atoms with Gasteiger partial charge in [0.15, 0.2) is 0 Å². The highest BCUT2D eigenvalue weighted by molar-refractivity contribution is 5.91. The number of carbonyl (C=O) groups excluding carboxylic acids is 4. The monoisotopic (exact) mass is 433 g/mol. The number of nitrogens with zero attached hydrogens (tertiary/aromatic N) is 4. The molecule has 2 aliphatic rings. The second kappa shape index (κ2) is 9.42. The number of amides is 4. The number of fused-ring (bicyclic) bond motifs is 1. The van der Waals surface area contributed by atoms with Crippen LogP contribution in [0.5, 0.6) is 0 Å². The minimum atomic E-state index is -0.751. The lowest BCUT2D eigenvalue weighted by Crippen LogP contribution is -2.74. The molecule has 2 fully saturated rings. The highest BCUT2D eigenvalue weighted by Gasteiger charge is 2.49. The van der Waals surface area contributed by atoms with E-state index in [0.717, 1.165) is 5.56 Å². The van der Waals surface area contributed by atoms with E-state index in [2.05, 4.69) is 5.32 Å². The molecule has 2 heterocycles. The predicted molar refractivity (Wildman–Crippen MR) is 109 cm³/mol. The third-order valence-corrected chi connectivity index (χ3v) is 5.89. The second-order valence-electron chi connectivity index (χ2n) is 7.94. The highest BCUT2D eigenvalue weighted by atomic mass is 19.1. The lowest BCUT2D eigenvalue weighted by Gasteiger charge is -2.54. The number of benzene rings is 1. The number of halogens is 1. The molecule has 1 aromatic carbocycles. The zero-order chi connectivity index (χ0) is 22.7. The van der Waals surface area contributed by atoms with E-state index in [-0.39, 0.29) is 42.7 Å². The van der Waals surface area contributed by atoms with Crippen LogP contribution in [0.2, 0.25) is 0 Å². The average molecular weight is 433 g/mol. The van der Waals surface area contributed by atoms with Crippen molar-refractivity contribution in [1.82, 2.24) is 25.1 Å². The van der Waals surface area contributed by atoms with Gasteiger partial charge in [-0.05, 0) is 37.5 Å². The van der Waals surface area contributed by atoms with E-state index in [1.165, 1.54) is 29.0 Å². The quantitative estimate of drug-likeness (QED) is 0.499. The molecule has 1 aromatic rings. The van der Waals surface area contributed by atoms with Crippen LogP contribution in [0, 0.1) is 5.82 Å². The van der Waals surface area contributed by atoms with Crippen LogP contribution in [0.25, 0.3) is 0 Å². The minimum Gasteiger partial charge on any atom is -0.356 e. The SMILES string of the molecule is CC(=O)NCCC[C@H]1C(=O)N(C(C)c2ccc(F)cc2)CC2N1C(=O)CN(C)N2C=O. The maximum absolute atomic E-state index is 13.5. The number of likely N-dealkylation sites (N-methyl/N-ethyl adjacent to an activating group) is 1. The molecule has 0 bridgehead atoms. The van der Waals surface area contributed by atoms with Gasteiger partial charge in [0.1, 0.15) is 18.0 Å². The van der Waals surface area contributed by atoms with Crippen molar-refractivity contribution in [2.75, 3.05) is 26.7 Å². The summed E-state index contributed by atoms with van der Waals surface area (Å²) in [6.07, 6.45) is 0.886. The molecule has 4 amide bonds. The van der Waals surface area contributed by atoms with Crippen molar-refractivity contribution >= 4 is 24.1 Å². The summed E-state index contributed by atoms with van der Waals surface area (Å²) in [5, 5.41) is 5.67. The number of rotatable bonds is 7. The van der Waals surface area contributed by atoms with Crippen LogP contribution in [0.3, 0.4) is 0 Å². The molecule has 0 saturated carbocycles. The van der Waals surface area contributed by atoms with Gasteiger partial charge in [0, 0.05) is 20.5 Å². The fourth-order valence-electron chi connectivity index (χ4n) is 4.25. The summed E-state index contributed by atoms with van der Waals surface area (Å²) in [5.74, 6) is -0.978. The Morgan fingerprint density at radius 3 is 2.58 bits per heavy atom. The van der Waals surface area contributed by atoms with Crippen molar-refractivity contribution < 1.29 is 23.6 Å². The van der Waals surface area contributed by atoms with Crippen molar-refractivity contribution in [3.8, 4) is 0 Å². The molecule has 3 rings (SSSR count). The van der Waals surface area contributed by atoms with Gasteiger partial charge in [0.2, 0.25) is 24.1 Å². The van der Waals surface area contributed by atoms with Crippen LogP contribution >= 0.6 is 0 Å². The molecule has 10 heteroatoms. The predicted octanol–water partition coefficient (Wildman–Crippen LogP) is 0.487. The molecule has 31 heavy (non-hydrogen) atoms. The van der Waals surface area contributed by atoms with Crippen molar-refractivity contribution in [2.24, 2.45) is 0 Å². The molecular formula is C21H28FN5O4. The second-order valence-corrected chi connectivity index (χ2v) is 7.94. The largest absolute Gasteiger partial charge is 0.356 e. The maximum atomic E-state index is 13.5. The number of carbonyl (C=O) groups is 4. The third-order valence-electron chi connectivity index (χ3n) is 5.89. The average Bonchev–Trinajstić information content (AvgIpc) is 2.72.